The topological polar surface area (TPSA) is 95.9 Å². The summed E-state index contributed by atoms with van der Waals surface area (Å²) in [6.07, 6.45) is -0.150. The number of aliphatic carboxylic acids is 1. The highest BCUT2D eigenvalue weighted by Crippen LogP contribution is 2.27. The van der Waals surface area contributed by atoms with Crippen molar-refractivity contribution in [3.63, 3.8) is 0 Å². The molecule has 2 rings (SSSR count). The zero-order valence-corrected chi connectivity index (χ0v) is 15.7. The van der Waals surface area contributed by atoms with E-state index in [-0.39, 0.29) is 37.4 Å². The average Bonchev–Trinajstić information content (AvgIpc) is 2.62. The number of hydrogen-bond acceptors (Lipinski definition) is 4. The Morgan fingerprint density at radius 2 is 1.78 bits per heavy atom. The molecular formula is C20H24N2O5. The quantitative estimate of drug-likeness (QED) is 0.741. The predicted octanol–water partition coefficient (Wildman–Crippen LogP) is 2.29. The molecule has 0 aromatic heterocycles. The van der Waals surface area contributed by atoms with Gasteiger partial charge in [-0.2, -0.15) is 0 Å². The molecule has 0 unspecified atom stereocenters. The number of carboxylic acid groups (broad SMARTS) is 1. The highest BCUT2D eigenvalue weighted by molar-refractivity contribution is 6.01. The van der Waals surface area contributed by atoms with Crippen molar-refractivity contribution in [2.24, 2.45) is 0 Å². The van der Waals surface area contributed by atoms with Gasteiger partial charge in [0, 0.05) is 19.6 Å². The van der Waals surface area contributed by atoms with E-state index in [4.69, 9.17) is 9.84 Å². The molecule has 144 valence electrons. The first-order valence-corrected chi connectivity index (χ1v) is 8.70. The number of nitrogens with one attached hydrogen (secondary N) is 1. The Morgan fingerprint density at radius 3 is 2.37 bits per heavy atom. The van der Waals surface area contributed by atoms with Crippen molar-refractivity contribution in [3.05, 3.63) is 42.0 Å². The highest BCUT2D eigenvalue weighted by atomic mass is 16.5. The summed E-state index contributed by atoms with van der Waals surface area (Å²) in [6, 6.07) is 10.9. The fourth-order valence-corrected chi connectivity index (χ4v) is 2.58. The summed E-state index contributed by atoms with van der Waals surface area (Å²) in [5.41, 5.74) is 0.291. The number of rotatable bonds is 8. The molecule has 0 aliphatic rings. The normalized spacial score (nSPS) is 10.7. The third kappa shape index (κ3) is 5.70. The molecule has 2 N–H and O–H groups in total. The highest BCUT2D eigenvalue weighted by Gasteiger charge is 2.19. The van der Waals surface area contributed by atoms with E-state index >= 15 is 0 Å². The second-order valence-corrected chi connectivity index (χ2v) is 6.58. The van der Waals surface area contributed by atoms with E-state index in [2.05, 4.69) is 5.32 Å². The fourth-order valence-electron chi connectivity index (χ4n) is 2.58. The van der Waals surface area contributed by atoms with Crippen LogP contribution in [0.4, 0.5) is 0 Å². The monoisotopic (exact) mass is 372 g/mol. The number of ether oxygens (including phenoxy) is 1. The molecular weight excluding hydrogens is 348 g/mol. The number of benzene rings is 2. The minimum atomic E-state index is -0.977. The Kier molecular flexibility index (Phi) is 6.76. The van der Waals surface area contributed by atoms with Crippen LogP contribution in [0.15, 0.2) is 36.4 Å². The van der Waals surface area contributed by atoms with E-state index in [1.165, 1.54) is 11.9 Å². The zero-order valence-electron chi connectivity index (χ0n) is 15.7. The van der Waals surface area contributed by atoms with Crippen molar-refractivity contribution in [1.29, 1.82) is 0 Å². The molecule has 0 aliphatic heterocycles. The number of hydrogen-bond donors (Lipinski definition) is 2. The number of fused-ring (bicyclic) bond motifs is 1. The first-order valence-electron chi connectivity index (χ1n) is 8.70. The summed E-state index contributed by atoms with van der Waals surface area (Å²) in [5.74, 6) is -1.33. The van der Waals surface area contributed by atoms with E-state index in [1.54, 1.807) is 12.1 Å². The van der Waals surface area contributed by atoms with Crippen molar-refractivity contribution in [2.45, 2.75) is 26.3 Å². The summed E-state index contributed by atoms with van der Waals surface area (Å²) in [5, 5.41) is 13.3. The molecule has 27 heavy (non-hydrogen) atoms. The molecule has 0 saturated carbocycles. The van der Waals surface area contributed by atoms with Crippen LogP contribution in [-0.2, 0) is 9.59 Å². The molecule has 0 atom stereocenters. The van der Waals surface area contributed by atoms with Crippen molar-refractivity contribution < 1.29 is 24.2 Å². The van der Waals surface area contributed by atoms with Crippen LogP contribution in [0.25, 0.3) is 10.8 Å². The minimum Gasteiger partial charge on any atom is -0.483 e. The first kappa shape index (κ1) is 20.2. The maximum atomic E-state index is 12.8. The molecule has 0 spiro atoms. The number of carbonyl (C=O) groups is 3. The van der Waals surface area contributed by atoms with Gasteiger partial charge >= 0.3 is 5.97 Å². The standard InChI is InChI=1S/C20H24N2O5/c1-13(2)21-18(23)12-27-17-11-15-7-5-4-6-14(15)10-16(17)20(26)22(3)9-8-19(24)25/h4-7,10-11,13H,8-9,12H2,1-3H3,(H,21,23)(H,24,25). The van der Waals surface area contributed by atoms with Gasteiger partial charge in [0.2, 0.25) is 0 Å². The van der Waals surface area contributed by atoms with Crippen LogP contribution in [-0.4, -0.2) is 54.0 Å². The third-order valence-corrected chi connectivity index (χ3v) is 3.89. The summed E-state index contributed by atoms with van der Waals surface area (Å²) < 4.78 is 5.63. The van der Waals surface area contributed by atoms with Gasteiger partial charge in [0.1, 0.15) is 5.75 Å². The Balaban J connectivity index is 2.29. The van der Waals surface area contributed by atoms with Gasteiger partial charge in [-0.1, -0.05) is 24.3 Å². The molecule has 0 aliphatic carbocycles. The van der Waals surface area contributed by atoms with Crippen LogP contribution in [0.5, 0.6) is 5.75 Å². The molecule has 0 bridgehead atoms. The van der Waals surface area contributed by atoms with Crippen LogP contribution >= 0.6 is 0 Å². The minimum absolute atomic E-state index is 0.0130. The Morgan fingerprint density at radius 1 is 1.15 bits per heavy atom. The molecule has 0 fully saturated rings. The lowest BCUT2D eigenvalue weighted by atomic mass is 10.0. The lowest BCUT2D eigenvalue weighted by Gasteiger charge is -2.19. The predicted molar refractivity (Wildman–Crippen MR) is 102 cm³/mol. The zero-order chi connectivity index (χ0) is 20.0. The molecule has 7 heteroatoms. The van der Waals surface area contributed by atoms with E-state index in [0.29, 0.717) is 11.3 Å². The van der Waals surface area contributed by atoms with Crippen molar-refractivity contribution in [3.8, 4) is 5.75 Å². The van der Waals surface area contributed by atoms with Crippen LogP contribution < -0.4 is 10.1 Å². The fraction of sp³-hybridized carbons (Fsp3) is 0.350. The van der Waals surface area contributed by atoms with Gasteiger partial charge in [-0.05, 0) is 36.8 Å². The van der Waals surface area contributed by atoms with Gasteiger partial charge in [-0.3, -0.25) is 14.4 Å². The lowest BCUT2D eigenvalue weighted by molar-refractivity contribution is -0.137. The van der Waals surface area contributed by atoms with Crippen LogP contribution in [0.2, 0.25) is 0 Å². The molecule has 7 nitrogen and oxygen atoms in total. The van der Waals surface area contributed by atoms with Gasteiger partial charge in [0.15, 0.2) is 6.61 Å². The molecule has 0 radical (unpaired) electrons. The summed E-state index contributed by atoms with van der Waals surface area (Å²) in [6.45, 7) is 3.56. The first-order chi connectivity index (χ1) is 12.8. The molecule has 2 aromatic carbocycles. The SMILES string of the molecule is CC(C)NC(=O)COc1cc2ccccc2cc1C(=O)N(C)CCC(=O)O. The van der Waals surface area contributed by atoms with E-state index < -0.39 is 5.97 Å². The van der Waals surface area contributed by atoms with E-state index in [0.717, 1.165) is 10.8 Å². The van der Waals surface area contributed by atoms with Gasteiger partial charge in [-0.15, -0.1) is 0 Å². The second kappa shape index (κ2) is 9.02. The van der Waals surface area contributed by atoms with E-state index in [9.17, 15) is 14.4 Å². The van der Waals surface area contributed by atoms with Crippen molar-refractivity contribution in [1.82, 2.24) is 10.2 Å². The Labute approximate surface area is 157 Å². The average molecular weight is 372 g/mol. The Bertz CT molecular complexity index is 847. The van der Waals surface area contributed by atoms with E-state index in [1.807, 2.05) is 38.1 Å². The van der Waals surface area contributed by atoms with Crippen LogP contribution in [0.3, 0.4) is 0 Å². The van der Waals surface area contributed by atoms with Gasteiger partial charge < -0.3 is 20.1 Å². The Hall–Kier alpha value is -3.09. The van der Waals surface area contributed by atoms with Crippen molar-refractivity contribution >= 4 is 28.6 Å². The number of amides is 2. The molecule has 0 saturated heterocycles. The molecule has 2 amide bonds. The number of carboxylic acids is 1. The van der Waals surface area contributed by atoms with Crippen molar-refractivity contribution in [2.75, 3.05) is 20.2 Å². The second-order valence-electron chi connectivity index (χ2n) is 6.58. The summed E-state index contributed by atoms with van der Waals surface area (Å²) >= 11 is 0. The smallest absolute Gasteiger partial charge is 0.305 e. The number of nitrogens with zero attached hydrogens (tertiary/aromatic N) is 1. The maximum absolute atomic E-state index is 12.8. The summed E-state index contributed by atoms with van der Waals surface area (Å²) in [7, 11) is 1.54. The maximum Gasteiger partial charge on any atom is 0.305 e. The third-order valence-electron chi connectivity index (χ3n) is 3.89. The number of carbonyl (C=O) groups excluding carboxylic acids is 2. The molecule has 0 heterocycles. The van der Waals surface area contributed by atoms with Gasteiger partial charge in [-0.25, -0.2) is 0 Å². The van der Waals surface area contributed by atoms with Gasteiger partial charge in [0.25, 0.3) is 11.8 Å². The van der Waals surface area contributed by atoms with Crippen LogP contribution in [0, 0.1) is 0 Å². The largest absolute Gasteiger partial charge is 0.483 e. The lowest BCUT2D eigenvalue weighted by Crippen LogP contribution is -2.34. The van der Waals surface area contributed by atoms with Gasteiger partial charge in [0.05, 0.1) is 12.0 Å². The molecule has 2 aromatic rings. The summed E-state index contributed by atoms with van der Waals surface area (Å²) in [4.78, 5) is 36.8. The van der Waals surface area contributed by atoms with Crippen LogP contribution in [0.1, 0.15) is 30.6 Å².